The van der Waals surface area contributed by atoms with Gasteiger partial charge in [-0.05, 0) is 48.7 Å². The number of nitrogens with zero attached hydrogens (tertiary/aromatic N) is 2. The molecule has 1 aromatic carbocycles. The number of rotatable bonds is 8. The summed E-state index contributed by atoms with van der Waals surface area (Å²) in [5, 5.41) is 3.08. The minimum atomic E-state index is -0.0946. The average molecular weight is 412 g/mol. The summed E-state index contributed by atoms with van der Waals surface area (Å²) in [6.45, 7) is 4.98. The second kappa shape index (κ2) is 10.5. The Balaban J connectivity index is 1.33. The van der Waals surface area contributed by atoms with E-state index in [2.05, 4.69) is 21.3 Å². The van der Waals surface area contributed by atoms with E-state index in [9.17, 15) is 4.79 Å². The third kappa shape index (κ3) is 5.56. The average Bonchev–Trinajstić information content (AvgIpc) is 3.33. The Labute approximate surface area is 177 Å². The van der Waals surface area contributed by atoms with E-state index in [1.807, 2.05) is 24.4 Å². The van der Waals surface area contributed by atoms with Crippen LogP contribution in [-0.2, 0) is 9.47 Å². The fraction of sp³-hybridized carbons (Fsp3) is 0.478. The molecule has 7 nitrogen and oxygen atoms in total. The Morgan fingerprint density at radius 3 is 2.73 bits per heavy atom. The van der Waals surface area contributed by atoms with Crippen LogP contribution in [0.5, 0.6) is 5.75 Å². The van der Waals surface area contributed by atoms with Crippen molar-refractivity contribution in [2.45, 2.75) is 25.0 Å². The molecule has 2 aliphatic rings. The van der Waals surface area contributed by atoms with Crippen molar-refractivity contribution in [1.82, 2.24) is 15.2 Å². The van der Waals surface area contributed by atoms with Crippen molar-refractivity contribution in [2.24, 2.45) is 0 Å². The maximum Gasteiger partial charge on any atom is 0.251 e. The largest absolute Gasteiger partial charge is 0.491 e. The molecule has 0 unspecified atom stereocenters. The maximum absolute atomic E-state index is 12.7. The number of hydrogen-bond acceptors (Lipinski definition) is 6. The smallest absolute Gasteiger partial charge is 0.251 e. The van der Waals surface area contributed by atoms with Crippen molar-refractivity contribution in [1.29, 1.82) is 0 Å². The van der Waals surface area contributed by atoms with Crippen LogP contribution in [0, 0.1) is 0 Å². The molecule has 0 radical (unpaired) electrons. The van der Waals surface area contributed by atoms with Crippen molar-refractivity contribution in [3.63, 3.8) is 0 Å². The Bertz CT molecular complexity index is 788. The van der Waals surface area contributed by atoms with Gasteiger partial charge in [-0.15, -0.1) is 0 Å². The molecule has 1 N–H and O–H groups in total. The quantitative estimate of drug-likeness (QED) is 0.719. The van der Waals surface area contributed by atoms with Crippen molar-refractivity contribution in [2.75, 3.05) is 46.1 Å². The molecule has 2 aliphatic heterocycles. The third-order valence-corrected chi connectivity index (χ3v) is 5.59. The molecule has 2 fully saturated rings. The summed E-state index contributed by atoms with van der Waals surface area (Å²) in [6, 6.07) is 11.3. The Hall–Kier alpha value is -2.48. The second-order valence-electron chi connectivity index (χ2n) is 7.63. The summed E-state index contributed by atoms with van der Waals surface area (Å²) in [5.41, 5.74) is 1.71. The van der Waals surface area contributed by atoms with Gasteiger partial charge >= 0.3 is 0 Å². The van der Waals surface area contributed by atoms with E-state index in [0.717, 1.165) is 43.9 Å². The number of carbonyl (C=O) groups excluding carboxylic acids is 1. The lowest BCUT2D eigenvalue weighted by Gasteiger charge is -2.34. The SMILES string of the molecule is O=C(NC[C@H](c1cccnc1)N1CCOCC1)c1ccc(OC[C@@H]2CCCO2)cc1. The molecule has 2 aromatic rings. The zero-order valence-corrected chi connectivity index (χ0v) is 17.2. The lowest BCUT2D eigenvalue weighted by atomic mass is 10.1. The molecule has 7 heteroatoms. The molecule has 1 aromatic heterocycles. The highest BCUT2D eigenvalue weighted by Crippen LogP contribution is 2.21. The van der Waals surface area contributed by atoms with Gasteiger partial charge in [0.05, 0.1) is 25.4 Å². The summed E-state index contributed by atoms with van der Waals surface area (Å²) in [7, 11) is 0. The number of aromatic nitrogens is 1. The van der Waals surface area contributed by atoms with Crippen LogP contribution in [0.3, 0.4) is 0 Å². The fourth-order valence-electron chi connectivity index (χ4n) is 3.88. The zero-order chi connectivity index (χ0) is 20.6. The van der Waals surface area contributed by atoms with Gasteiger partial charge in [-0.3, -0.25) is 14.7 Å². The topological polar surface area (TPSA) is 72.9 Å². The molecule has 1 amide bonds. The summed E-state index contributed by atoms with van der Waals surface area (Å²) in [4.78, 5) is 19.3. The summed E-state index contributed by atoms with van der Waals surface area (Å²) >= 11 is 0. The molecular formula is C23H29N3O4. The van der Waals surface area contributed by atoms with Crippen LogP contribution < -0.4 is 10.1 Å². The van der Waals surface area contributed by atoms with Crippen LogP contribution in [0.15, 0.2) is 48.8 Å². The van der Waals surface area contributed by atoms with Crippen molar-refractivity contribution >= 4 is 5.91 Å². The van der Waals surface area contributed by atoms with Gasteiger partial charge in [-0.25, -0.2) is 0 Å². The molecule has 4 rings (SSSR count). The summed E-state index contributed by atoms with van der Waals surface area (Å²) in [5.74, 6) is 0.659. The molecule has 0 bridgehead atoms. The zero-order valence-electron chi connectivity index (χ0n) is 17.2. The van der Waals surface area contributed by atoms with E-state index in [-0.39, 0.29) is 18.1 Å². The highest BCUT2D eigenvalue weighted by molar-refractivity contribution is 5.94. The lowest BCUT2D eigenvalue weighted by Crippen LogP contribution is -2.43. The van der Waals surface area contributed by atoms with Gasteiger partial charge in [0.15, 0.2) is 0 Å². The van der Waals surface area contributed by atoms with Crippen LogP contribution >= 0.6 is 0 Å². The van der Waals surface area contributed by atoms with Gasteiger partial charge in [0.2, 0.25) is 0 Å². The predicted octanol–water partition coefficient (Wildman–Crippen LogP) is 2.44. The second-order valence-corrected chi connectivity index (χ2v) is 7.63. The Morgan fingerprint density at radius 2 is 2.03 bits per heavy atom. The monoisotopic (exact) mass is 411 g/mol. The molecule has 0 saturated carbocycles. The van der Waals surface area contributed by atoms with Gasteiger partial charge in [0, 0.05) is 44.2 Å². The molecule has 2 saturated heterocycles. The number of morpholine rings is 1. The van der Waals surface area contributed by atoms with Crippen molar-refractivity contribution < 1.29 is 19.0 Å². The molecular weight excluding hydrogens is 382 g/mol. The fourth-order valence-corrected chi connectivity index (χ4v) is 3.88. The molecule has 30 heavy (non-hydrogen) atoms. The van der Waals surface area contributed by atoms with Crippen LogP contribution in [-0.4, -0.2) is 68.0 Å². The number of ether oxygens (including phenoxy) is 3. The van der Waals surface area contributed by atoms with Crippen molar-refractivity contribution in [3.8, 4) is 5.75 Å². The number of amides is 1. The number of pyridine rings is 1. The van der Waals surface area contributed by atoms with E-state index >= 15 is 0 Å². The molecule has 0 spiro atoms. The number of carbonyl (C=O) groups is 1. The van der Waals surface area contributed by atoms with E-state index in [0.29, 0.717) is 31.9 Å². The first-order chi connectivity index (χ1) is 14.8. The van der Waals surface area contributed by atoms with Crippen molar-refractivity contribution in [3.05, 3.63) is 59.9 Å². The van der Waals surface area contributed by atoms with Crippen LogP contribution in [0.4, 0.5) is 0 Å². The van der Waals surface area contributed by atoms with Gasteiger partial charge in [0.25, 0.3) is 5.91 Å². The van der Waals surface area contributed by atoms with Gasteiger partial charge in [-0.1, -0.05) is 6.07 Å². The predicted molar refractivity (Wildman–Crippen MR) is 113 cm³/mol. The number of benzene rings is 1. The Kier molecular flexibility index (Phi) is 7.29. The first-order valence-electron chi connectivity index (χ1n) is 10.6. The van der Waals surface area contributed by atoms with Crippen LogP contribution in [0.1, 0.15) is 34.8 Å². The van der Waals surface area contributed by atoms with Crippen LogP contribution in [0.25, 0.3) is 0 Å². The first kappa shape index (κ1) is 20.8. The first-order valence-corrected chi connectivity index (χ1v) is 10.6. The minimum Gasteiger partial charge on any atom is -0.491 e. The molecule has 3 heterocycles. The number of nitrogens with one attached hydrogen (secondary N) is 1. The standard InChI is InChI=1S/C23H29N3O4/c27-23(18-5-7-20(8-6-18)30-17-21-4-2-12-29-21)25-16-22(19-3-1-9-24-15-19)26-10-13-28-14-11-26/h1,3,5-9,15,21-22H,2,4,10-14,16-17H2,(H,25,27)/t21-,22+/m0/s1. The van der Waals surface area contributed by atoms with Gasteiger partial charge in [-0.2, -0.15) is 0 Å². The highest BCUT2D eigenvalue weighted by atomic mass is 16.5. The normalized spacial score (nSPS) is 20.6. The third-order valence-electron chi connectivity index (χ3n) is 5.59. The van der Waals surface area contributed by atoms with Crippen LogP contribution in [0.2, 0.25) is 0 Å². The van der Waals surface area contributed by atoms with Gasteiger partial charge in [0.1, 0.15) is 12.4 Å². The van der Waals surface area contributed by atoms with E-state index in [4.69, 9.17) is 14.2 Å². The lowest BCUT2D eigenvalue weighted by molar-refractivity contribution is 0.0161. The van der Waals surface area contributed by atoms with E-state index in [1.54, 1.807) is 18.3 Å². The minimum absolute atomic E-state index is 0.0700. The van der Waals surface area contributed by atoms with Gasteiger partial charge < -0.3 is 19.5 Å². The highest BCUT2D eigenvalue weighted by Gasteiger charge is 2.23. The molecule has 2 atom stereocenters. The maximum atomic E-state index is 12.7. The summed E-state index contributed by atoms with van der Waals surface area (Å²) < 4.78 is 16.8. The molecule has 160 valence electrons. The molecule has 0 aliphatic carbocycles. The van der Waals surface area contributed by atoms with E-state index < -0.39 is 0 Å². The Morgan fingerprint density at radius 1 is 1.20 bits per heavy atom. The summed E-state index contributed by atoms with van der Waals surface area (Å²) in [6.07, 6.45) is 5.95. The van der Waals surface area contributed by atoms with E-state index in [1.165, 1.54) is 0 Å². The number of hydrogen-bond donors (Lipinski definition) is 1.